The smallest absolute Gasteiger partial charge is 0.276 e. The van der Waals surface area contributed by atoms with E-state index in [2.05, 4.69) is 15.5 Å². The van der Waals surface area contributed by atoms with Gasteiger partial charge in [0.25, 0.3) is 5.91 Å². The second kappa shape index (κ2) is 9.23. The predicted octanol–water partition coefficient (Wildman–Crippen LogP) is 4.83. The lowest BCUT2D eigenvalue weighted by molar-refractivity contribution is 0.102. The molecule has 164 valence electrons. The zero-order valence-electron chi connectivity index (χ0n) is 17.5. The number of hydrogen-bond donors (Lipinski definition) is 1. The van der Waals surface area contributed by atoms with Crippen molar-refractivity contribution in [2.24, 2.45) is 0 Å². The van der Waals surface area contributed by atoms with Gasteiger partial charge in [-0.25, -0.2) is 9.07 Å². The van der Waals surface area contributed by atoms with E-state index in [0.29, 0.717) is 27.7 Å². The van der Waals surface area contributed by atoms with E-state index in [1.54, 1.807) is 66.3 Å². The van der Waals surface area contributed by atoms with E-state index in [-0.39, 0.29) is 30.7 Å². The quantitative estimate of drug-likeness (QED) is 0.435. The molecule has 0 fully saturated rings. The number of ether oxygens (including phenoxy) is 1. The lowest BCUT2D eigenvalue weighted by Gasteiger charge is -2.07. The fourth-order valence-corrected chi connectivity index (χ4v) is 3.43. The van der Waals surface area contributed by atoms with Crippen LogP contribution >= 0.6 is 11.6 Å². The predicted molar refractivity (Wildman–Crippen MR) is 119 cm³/mol. The van der Waals surface area contributed by atoms with Crippen molar-refractivity contribution in [2.75, 3.05) is 5.32 Å². The monoisotopic (exact) mass is 453 g/mol. The van der Waals surface area contributed by atoms with Crippen LogP contribution in [0, 0.1) is 19.7 Å². The topological polar surface area (TPSA) is 74.0 Å². The molecule has 1 amide bonds. The Labute approximate surface area is 189 Å². The van der Waals surface area contributed by atoms with Crippen molar-refractivity contribution in [1.29, 1.82) is 0 Å². The number of benzene rings is 2. The van der Waals surface area contributed by atoms with Crippen LogP contribution in [0.2, 0.25) is 5.02 Å². The molecule has 0 radical (unpaired) electrons. The molecule has 2 aromatic carbocycles. The number of carbonyl (C=O) groups is 1. The zero-order valence-corrected chi connectivity index (χ0v) is 18.3. The number of anilines is 1. The van der Waals surface area contributed by atoms with Crippen molar-refractivity contribution in [3.8, 4) is 5.75 Å². The minimum absolute atomic E-state index is 0.131. The van der Waals surface area contributed by atoms with E-state index in [1.807, 2.05) is 6.92 Å². The van der Waals surface area contributed by atoms with Gasteiger partial charge in [-0.2, -0.15) is 10.2 Å². The van der Waals surface area contributed by atoms with E-state index in [1.165, 1.54) is 10.7 Å². The summed E-state index contributed by atoms with van der Waals surface area (Å²) in [6.45, 7) is 4.02. The number of nitrogens with one attached hydrogen (secondary N) is 1. The van der Waals surface area contributed by atoms with Crippen LogP contribution in [0.3, 0.4) is 0 Å². The molecule has 0 aliphatic heterocycles. The van der Waals surface area contributed by atoms with Gasteiger partial charge in [0, 0.05) is 16.8 Å². The van der Waals surface area contributed by atoms with Crippen LogP contribution in [-0.2, 0) is 13.3 Å². The number of rotatable bonds is 7. The standard InChI is InChI=1S/C23H21ClFN5O2/c1-15-22(16(2)30(27-15)13-17-6-3-4-9-20(17)25)26-23(31)21-10-11-29(28-21)14-32-19-8-5-7-18(24)12-19/h3-12H,13-14H2,1-2H3,(H,26,31). The Morgan fingerprint density at radius 2 is 1.94 bits per heavy atom. The van der Waals surface area contributed by atoms with Gasteiger partial charge in [0.05, 0.1) is 23.6 Å². The SMILES string of the molecule is Cc1nn(Cc2ccccc2F)c(C)c1NC(=O)c1ccn(COc2cccc(Cl)c2)n1. The maximum atomic E-state index is 14.0. The van der Waals surface area contributed by atoms with Crippen LogP contribution in [0.15, 0.2) is 60.8 Å². The van der Waals surface area contributed by atoms with Gasteiger partial charge in [-0.3, -0.25) is 9.48 Å². The summed E-state index contributed by atoms with van der Waals surface area (Å²) in [5, 5.41) is 12.1. The van der Waals surface area contributed by atoms with Crippen molar-refractivity contribution < 1.29 is 13.9 Å². The highest BCUT2D eigenvalue weighted by Gasteiger charge is 2.17. The second-order valence-electron chi connectivity index (χ2n) is 7.22. The summed E-state index contributed by atoms with van der Waals surface area (Å²) in [7, 11) is 0. The first-order chi connectivity index (χ1) is 15.4. The molecule has 0 aliphatic carbocycles. The molecule has 0 saturated carbocycles. The summed E-state index contributed by atoms with van der Waals surface area (Å²) in [4.78, 5) is 12.7. The Balaban J connectivity index is 1.43. The van der Waals surface area contributed by atoms with Crippen LogP contribution in [0.5, 0.6) is 5.75 Å². The minimum Gasteiger partial charge on any atom is -0.471 e. The molecule has 4 rings (SSSR count). The van der Waals surface area contributed by atoms with Crippen molar-refractivity contribution in [3.63, 3.8) is 0 Å². The molecule has 9 heteroatoms. The third kappa shape index (κ3) is 4.81. The molecular formula is C23H21ClFN5O2. The van der Waals surface area contributed by atoms with Crippen LogP contribution in [0.1, 0.15) is 27.4 Å². The number of aromatic nitrogens is 4. The van der Waals surface area contributed by atoms with Gasteiger partial charge in [-0.1, -0.05) is 35.9 Å². The van der Waals surface area contributed by atoms with Crippen molar-refractivity contribution >= 4 is 23.2 Å². The number of nitrogens with zero attached hydrogens (tertiary/aromatic N) is 4. The molecular weight excluding hydrogens is 433 g/mol. The summed E-state index contributed by atoms with van der Waals surface area (Å²) < 4.78 is 22.8. The minimum atomic E-state index is -0.372. The number of carbonyl (C=O) groups excluding carboxylic acids is 1. The molecule has 2 aromatic heterocycles. The number of hydrogen-bond acceptors (Lipinski definition) is 4. The molecule has 0 unspecified atom stereocenters. The van der Waals surface area contributed by atoms with Crippen LogP contribution in [0.4, 0.5) is 10.1 Å². The van der Waals surface area contributed by atoms with Crippen molar-refractivity contribution in [1.82, 2.24) is 19.6 Å². The molecule has 0 spiro atoms. The van der Waals surface area contributed by atoms with Crippen LogP contribution < -0.4 is 10.1 Å². The Kier molecular flexibility index (Phi) is 6.23. The molecule has 1 N–H and O–H groups in total. The highest BCUT2D eigenvalue weighted by molar-refractivity contribution is 6.30. The van der Waals surface area contributed by atoms with Gasteiger partial charge in [-0.05, 0) is 44.2 Å². The van der Waals surface area contributed by atoms with Gasteiger partial charge in [-0.15, -0.1) is 0 Å². The maximum absolute atomic E-state index is 14.0. The zero-order chi connectivity index (χ0) is 22.7. The number of halogens is 2. The highest BCUT2D eigenvalue weighted by Crippen LogP contribution is 2.22. The molecule has 32 heavy (non-hydrogen) atoms. The number of amides is 1. The first-order valence-corrected chi connectivity index (χ1v) is 10.3. The fourth-order valence-electron chi connectivity index (χ4n) is 3.25. The molecule has 7 nitrogen and oxygen atoms in total. The lowest BCUT2D eigenvalue weighted by atomic mass is 10.2. The molecule has 0 atom stereocenters. The maximum Gasteiger partial charge on any atom is 0.276 e. The third-order valence-electron chi connectivity index (χ3n) is 4.93. The van der Waals surface area contributed by atoms with E-state index in [9.17, 15) is 9.18 Å². The fraction of sp³-hybridized carbons (Fsp3) is 0.174. The summed E-state index contributed by atoms with van der Waals surface area (Å²) >= 11 is 5.95. The van der Waals surface area contributed by atoms with Crippen molar-refractivity contribution in [3.05, 3.63) is 94.3 Å². The summed E-state index contributed by atoms with van der Waals surface area (Å²) in [5.41, 5.74) is 2.70. The third-order valence-corrected chi connectivity index (χ3v) is 5.17. The number of aryl methyl sites for hydroxylation is 1. The second-order valence-corrected chi connectivity index (χ2v) is 7.66. The highest BCUT2D eigenvalue weighted by atomic mass is 35.5. The molecule has 0 bridgehead atoms. The van der Waals surface area contributed by atoms with Gasteiger partial charge in [0.2, 0.25) is 0 Å². The largest absolute Gasteiger partial charge is 0.471 e. The first-order valence-electron chi connectivity index (χ1n) is 9.91. The summed E-state index contributed by atoms with van der Waals surface area (Å²) in [6.07, 6.45) is 1.65. The summed E-state index contributed by atoms with van der Waals surface area (Å²) in [5.74, 6) is -0.0631. The van der Waals surface area contributed by atoms with Gasteiger partial charge in [0.1, 0.15) is 11.6 Å². The normalized spacial score (nSPS) is 10.9. The Hall–Kier alpha value is -3.65. The van der Waals surface area contributed by atoms with Crippen molar-refractivity contribution in [2.45, 2.75) is 27.1 Å². The van der Waals surface area contributed by atoms with Gasteiger partial charge >= 0.3 is 0 Å². The van der Waals surface area contributed by atoms with E-state index >= 15 is 0 Å². The van der Waals surface area contributed by atoms with E-state index in [0.717, 1.165) is 5.69 Å². The van der Waals surface area contributed by atoms with E-state index < -0.39 is 0 Å². The molecule has 4 aromatic rings. The van der Waals surface area contributed by atoms with Gasteiger partial charge < -0.3 is 10.1 Å². The van der Waals surface area contributed by atoms with Crippen LogP contribution in [-0.4, -0.2) is 25.5 Å². The lowest BCUT2D eigenvalue weighted by Crippen LogP contribution is -2.15. The Bertz CT molecular complexity index is 1270. The molecule has 2 heterocycles. The summed E-state index contributed by atoms with van der Waals surface area (Å²) in [6, 6.07) is 15.2. The average Bonchev–Trinajstić information content (AvgIpc) is 3.34. The Morgan fingerprint density at radius 3 is 2.72 bits per heavy atom. The molecule has 0 saturated heterocycles. The van der Waals surface area contributed by atoms with Crippen LogP contribution in [0.25, 0.3) is 0 Å². The van der Waals surface area contributed by atoms with E-state index in [4.69, 9.17) is 16.3 Å². The first kappa shape index (κ1) is 21.6. The molecule has 0 aliphatic rings. The average molecular weight is 454 g/mol. The van der Waals surface area contributed by atoms with Gasteiger partial charge in [0.15, 0.2) is 12.4 Å². The Morgan fingerprint density at radius 1 is 1.12 bits per heavy atom.